The first-order valence-electron chi connectivity index (χ1n) is 6.13. The van der Waals surface area contributed by atoms with Gasteiger partial charge >= 0.3 is 0 Å². The molecule has 1 heterocycles. The summed E-state index contributed by atoms with van der Waals surface area (Å²) >= 11 is 5.26. The van der Waals surface area contributed by atoms with E-state index in [0.29, 0.717) is 0 Å². The number of aryl methyl sites for hydroxylation is 1. The molecule has 0 saturated heterocycles. The molecule has 4 heteroatoms. The Morgan fingerprint density at radius 2 is 2.00 bits per heavy atom. The SMILES string of the molecule is CCCc1ccc(-c2nc(CNC)c(Br)s2)cc1. The first kappa shape index (κ1) is 13.7. The fourth-order valence-corrected chi connectivity index (χ4v) is 3.34. The van der Waals surface area contributed by atoms with Crippen LogP contribution < -0.4 is 5.32 Å². The number of benzene rings is 1. The van der Waals surface area contributed by atoms with Crippen molar-refractivity contribution in [2.75, 3.05) is 7.05 Å². The van der Waals surface area contributed by atoms with Crippen molar-refractivity contribution in [2.24, 2.45) is 0 Å². The van der Waals surface area contributed by atoms with Gasteiger partial charge in [0.25, 0.3) is 0 Å². The number of hydrogen-bond donors (Lipinski definition) is 1. The van der Waals surface area contributed by atoms with Crippen molar-refractivity contribution in [1.29, 1.82) is 0 Å². The first-order chi connectivity index (χ1) is 8.74. The Morgan fingerprint density at radius 3 is 2.61 bits per heavy atom. The molecule has 0 fully saturated rings. The van der Waals surface area contributed by atoms with E-state index in [-0.39, 0.29) is 0 Å². The van der Waals surface area contributed by atoms with E-state index in [2.05, 4.69) is 57.4 Å². The normalized spacial score (nSPS) is 10.8. The fraction of sp³-hybridized carbons (Fsp3) is 0.357. The Kier molecular flexibility index (Phi) is 4.92. The standard InChI is InChI=1S/C14H17BrN2S/c1-3-4-10-5-7-11(8-6-10)14-17-12(9-16-2)13(15)18-14/h5-8,16H,3-4,9H2,1-2H3. The van der Waals surface area contributed by atoms with Crippen molar-refractivity contribution < 1.29 is 0 Å². The van der Waals surface area contributed by atoms with E-state index in [1.165, 1.54) is 17.5 Å². The van der Waals surface area contributed by atoms with Crippen molar-refractivity contribution >= 4 is 27.3 Å². The molecular weight excluding hydrogens is 308 g/mol. The molecule has 1 aromatic carbocycles. The van der Waals surface area contributed by atoms with Gasteiger partial charge in [0.05, 0.1) is 9.48 Å². The highest BCUT2D eigenvalue weighted by Gasteiger charge is 2.09. The Hall–Kier alpha value is -0.710. The van der Waals surface area contributed by atoms with Crippen molar-refractivity contribution in [2.45, 2.75) is 26.3 Å². The molecule has 0 amide bonds. The highest BCUT2D eigenvalue weighted by atomic mass is 79.9. The van der Waals surface area contributed by atoms with Crippen LogP contribution in [0.1, 0.15) is 24.6 Å². The van der Waals surface area contributed by atoms with Gasteiger partial charge in [0.15, 0.2) is 0 Å². The number of rotatable bonds is 5. The zero-order chi connectivity index (χ0) is 13.0. The lowest BCUT2D eigenvalue weighted by atomic mass is 10.1. The van der Waals surface area contributed by atoms with E-state index in [4.69, 9.17) is 0 Å². The van der Waals surface area contributed by atoms with Crippen LogP contribution in [0.4, 0.5) is 0 Å². The second-order valence-electron chi connectivity index (χ2n) is 4.22. The minimum atomic E-state index is 0.797. The van der Waals surface area contributed by atoms with E-state index in [1.54, 1.807) is 11.3 Å². The van der Waals surface area contributed by atoms with Crippen molar-refractivity contribution in [3.8, 4) is 10.6 Å². The zero-order valence-corrected chi connectivity index (χ0v) is 13.1. The monoisotopic (exact) mass is 324 g/mol. The van der Waals surface area contributed by atoms with Gasteiger partial charge in [-0.25, -0.2) is 4.98 Å². The van der Waals surface area contributed by atoms with Gasteiger partial charge in [-0.2, -0.15) is 0 Å². The van der Waals surface area contributed by atoms with Crippen molar-refractivity contribution in [1.82, 2.24) is 10.3 Å². The second-order valence-corrected chi connectivity index (χ2v) is 6.53. The van der Waals surface area contributed by atoms with Gasteiger partial charge in [0.1, 0.15) is 5.01 Å². The number of halogens is 1. The quantitative estimate of drug-likeness (QED) is 0.889. The summed E-state index contributed by atoms with van der Waals surface area (Å²) in [4.78, 5) is 4.65. The lowest BCUT2D eigenvalue weighted by Gasteiger charge is -2.00. The van der Waals surface area contributed by atoms with Gasteiger partial charge in [-0.15, -0.1) is 11.3 Å². The molecule has 0 aliphatic carbocycles. The number of hydrogen-bond acceptors (Lipinski definition) is 3. The molecule has 0 aliphatic rings. The van der Waals surface area contributed by atoms with E-state index in [1.807, 2.05) is 7.05 Å². The number of aromatic nitrogens is 1. The summed E-state index contributed by atoms with van der Waals surface area (Å²) in [7, 11) is 1.94. The highest BCUT2D eigenvalue weighted by molar-refractivity contribution is 9.11. The van der Waals surface area contributed by atoms with Crippen LogP contribution in [0.15, 0.2) is 28.1 Å². The minimum Gasteiger partial charge on any atom is -0.314 e. The second kappa shape index (κ2) is 6.45. The molecule has 0 aliphatic heterocycles. The maximum Gasteiger partial charge on any atom is 0.124 e. The molecule has 1 N–H and O–H groups in total. The number of nitrogens with one attached hydrogen (secondary N) is 1. The van der Waals surface area contributed by atoms with E-state index >= 15 is 0 Å². The summed E-state index contributed by atoms with van der Waals surface area (Å²) in [6.07, 6.45) is 2.33. The van der Waals surface area contributed by atoms with Crippen LogP contribution in [-0.4, -0.2) is 12.0 Å². The van der Waals surface area contributed by atoms with E-state index in [9.17, 15) is 0 Å². The van der Waals surface area contributed by atoms with Crippen LogP contribution in [0.25, 0.3) is 10.6 Å². The molecule has 18 heavy (non-hydrogen) atoms. The summed E-state index contributed by atoms with van der Waals surface area (Å²) in [5, 5.41) is 4.21. The van der Waals surface area contributed by atoms with Crippen LogP contribution >= 0.6 is 27.3 Å². The molecule has 0 bridgehead atoms. The molecule has 0 unspecified atom stereocenters. The number of nitrogens with zero attached hydrogens (tertiary/aromatic N) is 1. The minimum absolute atomic E-state index is 0.797. The molecule has 2 rings (SSSR count). The average Bonchev–Trinajstić information content (AvgIpc) is 2.73. The molecule has 0 saturated carbocycles. The summed E-state index contributed by atoms with van der Waals surface area (Å²) < 4.78 is 1.12. The van der Waals surface area contributed by atoms with Crippen LogP contribution in [0.3, 0.4) is 0 Å². The highest BCUT2D eigenvalue weighted by Crippen LogP contribution is 2.32. The largest absolute Gasteiger partial charge is 0.314 e. The third-order valence-electron chi connectivity index (χ3n) is 2.73. The van der Waals surface area contributed by atoms with Gasteiger partial charge < -0.3 is 5.32 Å². The molecule has 2 aromatic rings. The van der Waals surface area contributed by atoms with E-state index < -0.39 is 0 Å². The maximum absolute atomic E-state index is 4.65. The third-order valence-corrected chi connectivity index (χ3v) is 4.61. The van der Waals surface area contributed by atoms with E-state index in [0.717, 1.165) is 27.5 Å². The van der Waals surface area contributed by atoms with Gasteiger partial charge in [-0.05, 0) is 35.0 Å². The fourth-order valence-electron chi connectivity index (χ4n) is 1.84. The molecule has 1 aromatic heterocycles. The van der Waals surface area contributed by atoms with Gasteiger partial charge in [0.2, 0.25) is 0 Å². The van der Waals surface area contributed by atoms with Crippen molar-refractivity contribution in [3.63, 3.8) is 0 Å². The Labute approximate surface area is 121 Å². The molecule has 96 valence electrons. The smallest absolute Gasteiger partial charge is 0.124 e. The summed E-state index contributed by atoms with van der Waals surface area (Å²) in [6.45, 7) is 3.00. The summed E-state index contributed by atoms with van der Waals surface area (Å²) in [5.74, 6) is 0. The lowest BCUT2D eigenvalue weighted by molar-refractivity contribution is 0.795. The van der Waals surface area contributed by atoms with Gasteiger partial charge in [-0.1, -0.05) is 37.6 Å². The van der Waals surface area contributed by atoms with Gasteiger partial charge in [-0.3, -0.25) is 0 Å². The van der Waals surface area contributed by atoms with Crippen molar-refractivity contribution in [3.05, 3.63) is 39.3 Å². The van der Waals surface area contributed by atoms with Gasteiger partial charge in [0, 0.05) is 12.1 Å². The van der Waals surface area contributed by atoms with Crippen LogP contribution in [-0.2, 0) is 13.0 Å². The molecule has 2 nitrogen and oxygen atoms in total. The predicted octanol–water partition coefficient (Wildman–Crippen LogP) is 4.24. The van der Waals surface area contributed by atoms with Crippen LogP contribution in [0, 0.1) is 0 Å². The average molecular weight is 325 g/mol. The Morgan fingerprint density at radius 1 is 1.28 bits per heavy atom. The summed E-state index contributed by atoms with van der Waals surface area (Å²) in [5.41, 5.74) is 3.67. The molecular formula is C14H17BrN2S. The predicted molar refractivity (Wildman–Crippen MR) is 82.0 cm³/mol. The Balaban J connectivity index is 2.22. The lowest BCUT2D eigenvalue weighted by Crippen LogP contribution is -2.05. The number of thiazole rings is 1. The van der Waals surface area contributed by atoms with Crippen LogP contribution in [0.5, 0.6) is 0 Å². The molecule has 0 atom stereocenters. The Bertz CT molecular complexity index is 505. The third kappa shape index (κ3) is 3.19. The topological polar surface area (TPSA) is 24.9 Å². The zero-order valence-electron chi connectivity index (χ0n) is 10.7. The molecule has 0 radical (unpaired) electrons. The maximum atomic E-state index is 4.65. The van der Waals surface area contributed by atoms with Crippen LogP contribution in [0.2, 0.25) is 0 Å². The summed E-state index contributed by atoms with van der Waals surface area (Å²) in [6, 6.07) is 8.73. The molecule has 0 spiro atoms. The first-order valence-corrected chi connectivity index (χ1v) is 7.74.